The van der Waals surface area contributed by atoms with Crippen molar-refractivity contribution in [1.29, 1.82) is 0 Å². The van der Waals surface area contributed by atoms with Crippen LogP contribution in [0.3, 0.4) is 0 Å². The summed E-state index contributed by atoms with van der Waals surface area (Å²) in [7, 11) is -0.184. The van der Waals surface area contributed by atoms with Crippen LogP contribution in [-0.2, 0) is 26.7 Å². The van der Waals surface area contributed by atoms with Crippen molar-refractivity contribution in [1.82, 2.24) is 14.9 Å². The van der Waals surface area contributed by atoms with Gasteiger partial charge in [0, 0.05) is 61.5 Å². The molecule has 3 aromatic rings. The molecule has 0 aliphatic carbocycles. The summed E-state index contributed by atoms with van der Waals surface area (Å²) in [5.74, 6) is 1.56. The van der Waals surface area contributed by atoms with Crippen LogP contribution in [0.15, 0.2) is 36.5 Å². The Bertz CT molecular complexity index is 1560. The first kappa shape index (κ1) is 32.1. The highest BCUT2D eigenvalue weighted by atomic mass is 35.5. The first-order valence-corrected chi connectivity index (χ1v) is 17.3. The molecule has 44 heavy (non-hydrogen) atoms. The normalized spacial score (nSPS) is 16.5. The number of sulfone groups is 1. The smallest absolute Gasteiger partial charge is 0.229 e. The van der Waals surface area contributed by atoms with Crippen LogP contribution in [-0.4, -0.2) is 89.2 Å². The van der Waals surface area contributed by atoms with Crippen LogP contribution in [0.5, 0.6) is 11.5 Å². The van der Waals surface area contributed by atoms with Crippen LogP contribution >= 0.6 is 11.6 Å². The van der Waals surface area contributed by atoms with Gasteiger partial charge in [0.1, 0.15) is 16.5 Å². The summed E-state index contributed by atoms with van der Waals surface area (Å²) in [4.78, 5) is 14.0. The Labute approximate surface area is 264 Å². The molecule has 0 bridgehead atoms. The second-order valence-electron chi connectivity index (χ2n) is 11.1. The highest BCUT2D eigenvalue weighted by Crippen LogP contribution is 2.38. The number of ether oxygens (including phenoxy) is 3. The molecule has 13 heteroatoms. The lowest BCUT2D eigenvalue weighted by molar-refractivity contribution is 0.0115. The van der Waals surface area contributed by atoms with Crippen molar-refractivity contribution in [2.24, 2.45) is 0 Å². The number of rotatable bonds is 11. The van der Waals surface area contributed by atoms with E-state index in [4.69, 9.17) is 25.8 Å². The van der Waals surface area contributed by atoms with Crippen molar-refractivity contribution in [2.75, 3.05) is 75.4 Å². The number of methoxy groups -OCH3 is 2. The number of anilines is 5. The van der Waals surface area contributed by atoms with Crippen molar-refractivity contribution >= 4 is 50.3 Å². The fraction of sp³-hybridized carbons (Fsp3) is 0.484. The lowest BCUT2D eigenvalue weighted by Gasteiger charge is -2.41. The summed E-state index contributed by atoms with van der Waals surface area (Å²) in [5, 5.41) is 6.76. The van der Waals surface area contributed by atoms with Crippen molar-refractivity contribution in [2.45, 2.75) is 38.0 Å². The van der Waals surface area contributed by atoms with E-state index in [1.165, 1.54) is 30.8 Å². The van der Waals surface area contributed by atoms with Gasteiger partial charge in [0.15, 0.2) is 15.7 Å². The largest absolute Gasteiger partial charge is 0.496 e. The van der Waals surface area contributed by atoms with Gasteiger partial charge in [-0.25, -0.2) is 13.4 Å². The first-order valence-electron chi connectivity index (χ1n) is 14.9. The SMILES string of the molecule is CCc1cc(Nc2ncc(Cl)c(Nc3cccc(OC)c3CS(C)(=O)=O)n2)c(OC)cc1N1CCC(N2CCOCC2)CC1. The average Bonchev–Trinajstić information content (AvgIpc) is 3.03. The number of benzene rings is 2. The zero-order valence-electron chi connectivity index (χ0n) is 25.7. The molecule has 0 atom stereocenters. The first-order chi connectivity index (χ1) is 21.2. The van der Waals surface area contributed by atoms with Crippen molar-refractivity contribution < 1.29 is 22.6 Å². The Hall–Kier alpha value is -3.32. The van der Waals surface area contributed by atoms with Crippen LogP contribution in [0, 0.1) is 0 Å². The molecule has 238 valence electrons. The highest BCUT2D eigenvalue weighted by Gasteiger charge is 2.27. The van der Waals surface area contributed by atoms with Crippen LogP contribution in [0.2, 0.25) is 5.02 Å². The predicted molar refractivity (Wildman–Crippen MR) is 175 cm³/mol. The Morgan fingerprint density at radius 3 is 2.41 bits per heavy atom. The molecule has 2 saturated heterocycles. The number of nitrogens with zero attached hydrogens (tertiary/aromatic N) is 4. The second kappa shape index (κ2) is 14.2. The Balaban J connectivity index is 1.36. The molecule has 2 N–H and O–H groups in total. The molecule has 0 spiro atoms. The number of hydrogen-bond acceptors (Lipinski definition) is 11. The van der Waals surface area contributed by atoms with E-state index >= 15 is 0 Å². The summed E-state index contributed by atoms with van der Waals surface area (Å²) in [6.45, 7) is 7.82. The Morgan fingerprint density at radius 1 is 1.02 bits per heavy atom. The van der Waals surface area contributed by atoms with E-state index in [0.29, 0.717) is 40.6 Å². The van der Waals surface area contributed by atoms with Crippen LogP contribution in [0.1, 0.15) is 30.9 Å². The number of halogens is 1. The molecular weight excluding hydrogens is 604 g/mol. The lowest BCUT2D eigenvalue weighted by Crippen LogP contribution is -2.49. The number of aromatic nitrogens is 2. The van der Waals surface area contributed by atoms with E-state index in [-0.39, 0.29) is 10.8 Å². The molecule has 2 aromatic carbocycles. The van der Waals surface area contributed by atoms with Gasteiger partial charge in [-0.05, 0) is 43.0 Å². The van der Waals surface area contributed by atoms with E-state index in [1.807, 2.05) is 0 Å². The summed E-state index contributed by atoms with van der Waals surface area (Å²) < 4.78 is 41.1. The van der Waals surface area contributed by atoms with Crippen molar-refractivity contribution in [3.05, 3.63) is 52.7 Å². The Kier molecular flexibility index (Phi) is 10.3. The van der Waals surface area contributed by atoms with Crippen molar-refractivity contribution in [3.63, 3.8) is 0 Å². The maximum atomic E-state index is 12.1. The predicted octanol–water partition coefficient (Wildman–Crippen LogP) is 5.04. The molecule has 2 aliphatic heterocycles. The number of hydrogen-bond donors (Lipinski definition) is 2. The molecule has 5 rings (SSSR count). The quantitative estimate of drug-likeness (QED) is 0.292. The third-order valence-corrected chi connectivity index (χ3v) is 9.24. The molecule has 0 amide bonds. The van der Waals surface area contributed by atoms with Crippen LogP contribution in [0.4, 0.5) is 28.8 Å². The van der Waals surface area contributed by atoms with Gasteiger partial charge in [-0.1, -0.05) is 24.6 Å². The van der Waals surface area contributed by atoms with Crippen LogP contribution < -0.4 is 25.0 Å². The van der Waals surface area contributed by atoms with E-state index in [9.17, 15) is 8.42 Å². The van der Waals surface area contributed by atoms with Gasteiger partial charge >= 0.3 is 0 Å². The van der Waals surface area contributed by atoms with Gasteiger partial charge in [0.05, 0.1) is 45.1 Å². The molecule has 2 fully saturated rings. The minimum atomic E-state index is -3.34. The minimum Gasteiger partial charge on any atom is -0.496 e. The molecule has 2 aliphatic rings. The van der Waals surface area contributed by atoms with E-state index in [1.54, 1.807) is 25.3 Å². The average molecular weight is 645 g/mol. The standard InChI is InChI=1S/C31H41ClN6O5S/c1-5-21-17-26(29(42-3)18-27(21)38-11-9-22(10-12-38)37-13-15-43-16-14-37)35-31-33-19-24(32)30(36-31)34-25-7-6-8-28(41-2)23(25)20-44(4,39)40/h6-8,17-19,22H,5,9-16,20H2,1-4H3,(H2,33,34,35,36). The number of morpholine rings is 1. The van der Waals surface area contributed by atoms with E-state index in [0.717, 1.165) is 64.3 Å². The highest BCUT2D eigenvalue weighted by molar-refractivity contribution is 7.89. The van der Waals surface area contributed by atoms with E-state index < -0.39 is 9.84 Å². The molecule has 1 aromatic heterocycles. The summed E-state index contributed by atoms with van der Waals surface area (Å²) in [5.41, 5.74) is 4.14. The van der Waals surface area contributed by atoms with Gasteiger partial charge in [0.25, 0.3) is 0 Å². The molecule has 0 saturated carbocycles. The third kappa shape index (κ3) is 7.66. The van der Waals surface area contributed by atoms with E-state index in [2.05, 4.69) is 49.5 Å². The summed E-state index contributed by atoms with van der Waals surface area (Å²) in [6.07, 6.45) is 5.78. The molecule has 11 nitrogen and oxygen atoms in total. The van der Waals surface area contributed by atoms with Gasteiger partial charge in [-0.15, -0.1) is 0 Å². The molecule has 3 heterocycles. The van der Waals surface area contributed by atoms with Gasteiger partial charge < -0.3 is 29.7 Å². The van der Waals surface area contributed by atoms with Gasteiger partial charge in [-0.2, -0.15) is 4.98 Å². The molecule has 0 radical (unpaired) electrons. The fourth-order valence-electron chi connectivity index (χ4n) is 5.92. The fourth-order valence-corrected chi connectivity index (χ4v) is 6.88. The lowest BCUT2D eigenvalue weighted by atomic mass is 10.00. The van der Waals surface area contributed by atoms with Gasteiger partial charge in [0.2, 0.25) is 5.95 Å². The molecular formula is C31H41ClN6O5S. The zero-order valence-corrected chi connectivity index (χ0v) is 27.3. The maximum Gasteiger partial charge on any atom is 0.229 e. The molecule has 0 unspecified atom stereocenters. The second-order valence-corrected chi connectivity index (χ2v) is 13.6. The Morgan fingerprint density at radius 2 is 1.75 bits per heavy atom. The topological polar surface area (TPSA) is 118 Å². The zero-order chi connectivity index (χ0) is 31.3. The van der Waals surface area contributed by atoms with Gasteiger partial charge in [-0.3, -0.25) is 4.90 Å². The van der Waals surface area contributed by atoms with Crippen molar-refractivity contribution in [3.8, 4) is 11.5 Å². The minimum absolute atomic E-state index is 0.207. The number of piperidine rings is 1. The van der Waals surface area contributed by atoms with Crippen LogP contribution in [0.25, 0.3) is 0 Å². The monoisotopic (exact) mass is 644 g/mol. The third-order valence-electron chi connectivity index (χ3n) is 8.15. The number of nitrogens with one attached hydrogen (secondary N) is 2. The maximum absolute atomic E-state index is 12.1. The number of aryl methyl sites for hydroxylation is 1. The summed E-state index contributed by atoms with van der Waals surface area (Å²) in [6, 6.07) is 10.0. The summed E-state index contributed by atoms with van der Waals surface area (Å²) >= 11 is 6.48.